The van der Waals surface area contributed by atoms with Gasteiger partial charge in [-0.2, -0.15) is 0 Å². The van der Waals surface area contributed by atoms with E-state index in [1.807, 2.05) is 6.92 Å². The van der Waals surface area contributed by atoms with Crippen molar-refractivity contribution in [3.05, 3.63) is 0 Å². The van der Waals surface area contributed by atoms with Crippen LogP contribution >= 0.6 is 12.4 Å². The first-order chi connectivity index (χ1) is 7.15. The summed E-state index contributed by atoms with van der Waals surface area (Å²) in [4.78, 5) is 13.6. The van der Waals surface area contributed by atoms with E-state index in [9.17, 15) is 4.79 Å². The summed E-state index contributed by atoms with van der Waals surface area (Å²) in [6.07, 6.45) is 2.70. The van der Waals surface area contributed by atoms with Gasteiger partial charge in [-0.25, -0.2) is 0 Å². The van der Waals surface area contributed by atoms with Crippen molar-refractivity contribution in [2.45, 2.75) is 45.3 Å². The van der Waals surface area contributed by atoms with E-state index in [-0.39, 0.29) is 30.5 Å². The summed E-state index contributed by atoms with van der Waals surface area (Å²) in [6, 6.07) is 0.150. The molecule has 2 N–H and O–H groups in total. The first kappa shape index (κ1) is 15.7. The number of rotatable bonds is 5. The van der Waals surface area contributed by atoms with Gasteiger partial charge in [0.25, 0.3) is 5.91 Å². The second-order valence-electron chi connectivity index (χ2n) is 4.20. The lowest BCUT2D eigenvalue weighted by atomic mass is 10.3. The highest BCUT2D eigenvalue weighted by Crippen LogP contribution is 2.10. The normalized spacial score (nSPS) is 21.7. The summed E-state index contributed by atoms with van der Waals surface area (Å²) in [7, 11) is 0. The smallest absolute Gasteiger partial charge is 0.251 e. The number of ether oxygens (including phenoxy) is 1. The average Bonchev–Trinajstić information content (AvgIpc) is 2.64. The Morgan fingerprint density at radius 2 is 2.31 bits per heavy atom. The van der Waals surface area contributed by atoms with E-state index in [0.717, 1.165) is 25.8 Å². The van der Waals surface area contributed by atoms with Crippen LogP contribution in [-0.2, 0) is 9.53 Å². The highest BCUT2D eigenvalue weighted by molar-refractivity contribution is 5.85. The third-order valence-corrected chi connectivity index (χ3v) is 2.75. The molecule has 0 aromatic carbocycles. The zero-order valence-corrected chi connectivity index (χ0v) is 11.0. The molecule has 0 aromatic heterocycles. The van der Waals surface area contributed by atoms with Crippen LogP contribution in [0.5, 0.6) is 0 Å². The number of amides is 1. The Balaban J connectivity index is 0.00000225. The Morgan fingerprint density at radius 3 is 2.81 bits per heavy atom. The molecule has 4 nitrogen and oxygen atoms in total. The van der Waals surface area contributed by atoms with Crippen LogP contribution in [-0.4, -0.2) is 42.6 Å². The Morgan fingerprint density at radius 1 is 1.62 bits per heavy atom. The molecule has 5 heteroatoms. The van der Waals surface area contributed by atoms with Crippen LogP contribution in [0, 0.1) is 0 Å². The molecule has 0 bridgehead atoms. The average molecular weight is 251 g/mol. The monoisotopic (exact) mass is 250 g/mol. The maximum absolute atomic E-state index is 11.8. The minimum absolute atomic E-state index is 0. The molecule has 0 aromatic rings. The second kappa shape index (κ2) is 7.87. The number of halogens is 1. The molecule has 1 aliphatic heterocycles. The number of hydrogen-bond acceptors (Lipinski definition) is 3. The third-order valence-electron chi connectivity index (χ3n) is 2.75. The molecule has 1 rings (SSSR count). The van der Waals surface area contributed by atoms with Gasteiger partial charge in [0.1, 0.15) is 6.10 Å². The van der Waals surface area contributed by atoms with Crippen LogP contribution in [0.4, 0.5) is 0 Å². The van der Waals surface area contributed by atoms with Crippen molar-refractivity contribution in [3.8, 4) is 0 Å². The van der Waals surface area contributed by atoms with Crippen molar-refractivity contribution in [3.63, 3.8) is 0 Å². The summed E-state index contributed by atoms with van der Waals surface area (Å²) in [6.45, 7) is 6.06. The first-order valence-corrected chi connectivity index (χ1v) is 5.81. The number of nitrogens with two attached hydrogens (primary N) is 1. The number of nitrogens with zero attached hydrogens (tertiary/aromatic N) is 1. The van der Waals surface area contributed by atoms with Gasteiger partial charge in [0.15, 0.2) is 0 Å². The molecule has 1 saturated heterocycles. The fraction of sp³-hybridized carbons (Fsp3) is 0.909. The Hall–Kier alpha value is -0.320. The second-order valence-corrected chi connectivity index (χ2v) is 4.20. The lowest BCUT2D eigenvalue weighted by molar-refractivity contribution is -0.141. The van der Waals surface area contributed by atoms with E-state index in [1.54, 1.807) is 4.90 Å². The minimum atomic E-state index is -0.318. The van der Waals surface area contributed by atoms with Gasteiger partial charge >= 0.3 is 0 Å². The Bertz CT molecular complexity index is 214. The highest BCUT2D eigenvalue weighted by atomic mass is 35.5. The van der Waals surface area contributed by atoms with Crippen molar-refractivity contribution in [1.82, 2.24) is 4.90 Å². The van der Waals surface area contributed by atoms with Gasteiger partial charge < -0.3 is 15.4 Å². The summed E-state index contributed by atoms with van der Waals surface area (Å²) in [5.41, 5.74) is 5.75. The molecule has 1 heterocycles. The van der Waals surface area contributed by atoms with E-state index in [2.05, 4.69) is 6.92 Å². The molecule has 0 radical (unpaired) electrons. The SMILES string of the molecule is CCCCOC(C)C(=O)N1CC[C@@H](N)C1.Cl. The van der Waals surface area contributed by atoms with Crippen LogP contribution < -0.4 is 5.73 Å². The molecule has 1 fully saturated rings. The predicted molar refractivity (Wildman–Crippen MR) is 66.7 cm³/mol. The van der Waals surface area contributed by atoms with Crippen molar-refractivity contribution in [2.24, 2.45) is 5.73 Å². The Labute approximate surface area is 104 Å². The number of unbranched alkanes of at least 4 members (excludes halogenated alkanes) is 1. The molecule has 1 aliphatic rings. The fourth-order valence-electron chi connectivity index (χ4n) is 1.72. The van der Waals surface area contributed by atoms with Crippen molar-refractivity contribution >= 4 is 18.3 Å². The quantitative estimate of drug-likeness (QED) is 0.746. The van der Waals surface area contributed by atoms with Gasteiger partial charge in [-0.15, -0.1) is 12.4 Å². The predicted octanol–water partition coefficient (Wildman–Crippen LogP) is 1.17. The zero-order valence-electron chi connectivity index (χ0n) is 10.1. The zero-order chi connectivity index (χ0) is 11.3. The van der Waals surface area contributed by atoms with E-state index < -0.39 is 0 Å². The van der Waals surface area contributed by atoms with Gasteiger partial charge in [-0.3, -0.25) is 4.79 Å². The van der Waals surface area contributed by atoms with Crippen molar-refractivity contribution in [2.75, 3.05) is 19.7 Å². The molecule has 1 unspecified atom stereocenters. The van der Waals surface area contributed by atoms with Crippen molar-refractivity contribution in [1.29, 1.82) is 0 Å². The topological polar surface area (TPSA) is 55.6 Å². The fourth-order valence-corrected chi connectivity index (χ4v) is 1.72. The van der Waals surface area contributed by atoms with Crippen LogP contribution in [0.3, 0.4) is 0 Å². The largest absolute Gasteiger partial charge is 0.369 e. The maximum Gasteiger partial charge on any atom is 0.251 e. The van der Waals surface area contributed by atoms with E-state index in [0.29, 0.717) is 13.2 Å². The molecular formula is C11H23ClN2O2. The van der Waals surface area contributed by atoms with Gasteiger partial charge in [-0.1, -0.05) is 13.3 Å². The van der Waals surface area contributed by atoms with E-state index in [1.165, 1.54) is 0 Å². The standard InChI is InChI=1S/C11H22N2O2.ClH/c1-3-4-7-15-9(2)11(14)13-6-5-10(12)8-13;/h9-10H,3-8,12H2,1-2H3;1H/t9?,10-;/m1./s1. The Kier molecular flexibility index (Phi) is 7.72. The molecular weight excluding hydrogens is 228 g/mol. The van der Waals surface area contributed by atoms with Crippen molar-refractivity contribution < 1.29 is 9.53 Å². The minimum Gasteiger partial charge on any atom is -0.369 e. The maximum atomic E-state index is 11.8. The lowest BCUT2D eigenvalue weighted by Gasteiger charge is -2.20. The van der Waals surface area contributed by atoms with Crippen LogP contribution in [0.25, 0.3) is 0 Å². The van der Waals surface area contributed by atoms with Gasteiger partial charge in [0.05, 0.1) is 0 Å². The number of carbonyl (C=O) groups is 1. The van der Waals surface area contributed by atoms with Crippen LogP contribution in [0.15, 0.2) is 0 Å². The number of hydrogen-bond donors (Lipinski definition) is 1. The summed E-state index contributed by atoms with van der Waals surface area (Å²) in [5, 5.41) is 0. The molecule has 0 saturated carbocycles. The molecule has 1 amide bonds. The summed E-state index contributed by atoms with van der Waals surface area (Å²) < 4.78 is 5.46. The van der Waals surface area contributed by atoms with Crippen LogP contribution in [0.2, 0.25) is 0 Å². The molecule has 16 heavy (non-hydrogen) atoms. The molecule has 2 atom stereocenters. The highest BCUT2D eigenvalue weighted by Gasteiger charge is 2.27. The number of likely N-dealkylation sites (tertiary alicyclic amines) is 1. The van der Waals surface area contributed by atoms with E-state index in [4.69, 9.17) is 10.5 Å². The molecule has 0 spiro atoms. The lowest BCUT2D eigenvalue weighted by Crippen LogP contribution is -2.39. The van der Waals surface area contributed by atoms with E-state index >= 15 is 0 Å². The summed E-state index contributed by atoms with van der Waals surface area (Å²) >= 11 is 0. The first-order valence-electron chi connectivity index (χ1n) is 5.81. The third kappa shape index (κ3) is 4.68. The van der Waals surface area contributed by atoms with Gasteiger partial charge in [0.2, 0.25) is 0 Å². The van der Waals surface area contributed by atoms with Gasteiger partial charge in [0, 0.05) is 25.7 Å². The molecule has 96 valence electrons. The summed E-state index contributed by atoms with van der Waals surface area (Å²) in [5.74, 6) is 0.0825. The number of carbonyl (C=O) groups excluding carboxylic acids is 1. The van der Waals surface area contributed by atoms with Gasteiger partial charge in [-0.05, 0) is 19.8 Å². The van der Waals surface area contributed by atoms with Crippen LogP contribution in [0.1, 0.15) is 33.1 Å². The molecule has 0 aliphatic carbocycles.